The molecule has 1 aliphatic heterocycles. The third-order valence-corrected chi connectivity index (χ3v) is 7.98. The van der Waals surface area contributed by atoms with Gasteiger partial charge in [-0.2, -0.15) is 9.57 Å². The highest BCUT2D eigenvalue weighted by molar-refractivity contribution is 7.91. The first-order valence-electron chi connectivity index (χ1n) is 9.36. The summed E-state index contributed by atoms with van der Waals surface area (Å²) in [6.07, 6.45) is 1.02. The molecule has 1 aromatic carbocycles. The van der Waals surface area contributed by atoms with E-state index in [4.69, 9.17) is 10.00 Å². The number of nitrogens with zero attached hydrogens (tertiary/aromatic N) is 3. The second-order valence-electron chi connectivity index (χ2n) is 6.72. The molecule has 2 aromatic rings. The molecule has 158 valence electrons. The molecule has 3 rings (SSSR count). The summed E-state index contributed by atoms with van der Waals surface area (Å²) in [7, 11) is -3.64. The summed E-state index contributed by atoms with van der Waals surface area (Å²) < 4.78 is 32.1. The van der Waals surface area contributed by atoms with Crippen molar-refractivity contribution in [2.45, 2.75) is 17.1 Å². The van der Waals surface area contributed by atoms with Crippen LogP contribution >= 0.6 is 11.3 Å². The average Bonchev–Trinajstić information content (AvgIpc) is 3.32. The summed E-state index contributed by atoms with van der Waals surface area (Å²) in [5.41, 5.74) is 0.533. The molecule has 0 bridgehead atoms. The molecular weight excluding hydrogens is 426 g/mol. The highest BCUT2D eigenvalue weighted by Gasteiger charge is 2.35. The van der Waals surface area contributed by atoms with E-state index in [9.17, 15) is 18.0 Å². The van der Waals surface area contributed by atoms with Crippen molar-refractivity contribution in [1.82, 2.24) is 4.31 Å². The van der Waals surface area contributed by atoms with Gasteiger partial charge in [-0.15, -0.1) is 11.3 Å². The summed E-state index contributed by atoms with van der Waals surface area (Å²) in [4.78, 5) is 26.2. The summed E-state index contributed by atoms with van der Waals surface area (Å²) in [5, 5.41) is 10.7. The number of rotatable bonds is 7. The van der Waals surface area contributed by atoms with Crippen LogP contribution in [0.3, 0.4) is 0 Å². The molecule has 1 atom stereocenters. The first-order valence-corrected chi connectivity index (χ1v) is 11.7. The third kappa shape index (κ3) is 5.05. The van der Waals surface area contributed by atoms with Crippen LogP contribution in [0, 0.1) is 17.2 Å². The topological polar surface area (TPSA) is 108 Å². The van der Waals surface area contributed by atoms with Gasteiger partial charge in [0.25, 0.3) is 15.9 Å². The van der Waals surface area contributed by atoms with Crippen LogP contribution in [-0.2, 0) is 24.3 Å². The molecule has 0 spiro atoms. The number of sulfonamides is 1. The standard InChI is InChI=1S/C20H21N3O5S2/c21-10-12-23(17-7-2-1-3-8-17)18(24)15-28-20(25)16-6-4-11-22(14-16)30(26,27)19-9-5-13-29-19/h1-3,5,7-9,13,16H,4,6,11-12,14-15H2. The zero-order chi connectivity index (χ0) is 21.6. The van der Waals surface area contributed by atoms with Gasteiger partial charge < -0.3 is 4.74 Å². The largest absolute Gasteiger partial charge is 0.455 e. The number of carbonyl (C=O) groups is 2. The van der Waals surface area contributed by atoms with E-state index in [2.05, 4.69) is 0 Å². The van der Waals surface area contributed by atoms with E-state index in [1.165, 1.54) is 15.3 Å². The normalized spacial score (nSPS) is 17.1. The minimum absolute atomic E-state index is 0.0217. The lowest BCUT2D eigenvalue weighted by molar-refractivity contribution is -0.153. The Labute approximate surface area is 179 Å². The SMILES string of the molecule is N#CCN(C(=O)COC(=O)C1CCCN(S(=O)(=O)c2cccs2)C1)c1ccccc1. The van der Waals surface area contributed by atoms with Crippen LogP contribution in [0.1, 0.15) is 12.8 Å². The smallest absolute Gasteiger partial charge is 0.310 e. The van der Waals surface area contributed by atoms with E-state index < -0.39 is 34.4 Å². The molecule has 1 amide bonds. The summed E-state index contributed by atoms with van der Waals surface area (Å²) in [6.45, 7) is -0.318. The van der Waals surface area contributed by atoms with Crippen molar-refractivity contribution < 1.29 is 22.7 Å². The fourth-order valence-electron chi connectivity index (χ4n) is 3.22. The molecule has 1 saturated heterocycles. The highest BCUT2D eigenvalue weighted by Crippen LogP contribution is 2.27. The second-order valence-corrected chi connectivity index (χ2v) is 9.83. The lowest BCUT2D eigenvalue weighted by atomic mass is 10.00. The monoisotopic (exact) mass is 447 g/mol. The van der Waals surface area contributed by atoms with Gasteiger partial charge in [-0.25, -0.2) is 8.42 Å². The molecule has 1 fully saturated rings. The number of amides is 1. The Morgan fingerprint density at radius 2 is 2.00 bits per heavy atom. The van der Waals surface area contributed by atoms with E-state index in [1.807, 2.05) is 6.07 Å². The Morgan fingerprint density at radius 1 is 1.23 bits per heavy atom. The van der Waals surface area contributed by atoms with Gasteiger partial charge in [-0.05, 0) is 36.4 Å². The number of ether oxygens (including phenoxy) is 1. The van der Waals surface area contributed by atoms with Gasteiger partial charge in [-0.1, -0.05) is 24.3 Å². The van der Waals surface area contributed by atoms with Crippen LogP contribution in [0.25, 0.3) is 0 Å². The van der Waals surface area contributed by atoms with E-state index >= 15 is 0 Å². The Balaban J connectivity index is 1.60. The predicted molar refractivity (Wildman–Crippen MR) is 111 cm³/mol. The number of hydrogen-bond donors (Lipinski definition) is 0. The number of hydrogen-bond acceptors (Lipinski definition) is 7. The van der Waals surface area contributed by atoms with Crippen molar-refractivity contribution in [2.24, 2.45) is 5.92 Å². The highest BCUT2D eigenvalue weighted by atomic mass is 32.2. The van der Waals surface area contributed by atoms with Gasteiger partial charge in [0.15, 0.2) is 6.61 Å². The van der Waals surface area contributed by atoms with Gasteiger partial charge in [-0.3, -0.25) is 14.5 Å². The maximum absolute atomic E-state index is 12.7. The molecule has 2 heterocycles. The predicted octanol–water partition coefficient (Wildman–Crippen LogP) is 2.25. The van der Waals surface area contributed by atoms with E-state index in [1.54, 1.807) is 41.8 Å². The number of nitriles is 1. The van der Waals surface area contributed by atoms with Crippen LogP contribution in [-0.4, -0.2) is 50.8 Å². The summed E-state index contributed by atoms with van der Waals surface area (Å²) >= 11 is 1.13. The van der Waals surface area contributed by atoms with Crippen molar-refractivity contribution in [3.05, 3.63) is 47.8 Å². The van der Waals surface area contributed by atoms with Crippen LogP contribution in [0.4, 0.5) is 5.69 Å². The van der Waals surface area contributed by atoms with Gasteiger partial charge in [0, 0.05) is 18.8 Å². The number of benzene rings is 1. The van der Waals surface area contributed by atoms with Crippen molar-refractivity contribution in [1.29, 1.82) is 5.26 Å². The molecule has 1 unspecified atom stereocenters. The molecule has 0 aliphatic carbocycles. The Hall–Kier alpha value is -2.74. The minimum Gasteiger partial charge on any atom is -0.455 e. The molecule has 10 heteroatoms. The van der Waals surface area contributed by atoms with Crippen molar-refractivity contribution in [3.8, 4) is 6.07 Å². The maximum atomic E-state index is 12.7. The zero-order valence-electron chi connectivity index (χ0n) is 16.1. The van der Waals surface area contributed by atoms with E-state index in [0.717, 1.165) is 11.3 Å². The first kappa shape index (κ1) is 22.0. The van der Waals surface area contributed by atoms with E-state index in [0.29, 0.717) is 25.1 Å². The van der Waals surface area contributed by atoms with Gasteiger partial charge in [0.05, 0.1) is 12.0 Å². The lowest BCUT2D eigenvalue weighted by Gasteiger charge is -2.30. The number of anilines is 1. The Morgan fingerprint density at radius 3 is 2.67 bits per heavy atom. The summed E-state index contributed by atoms with van der Waals surface area (Å²) in [5.74, 6) is -1.77. The molecule has 30 heavy (non-hydrogen) atoms. The number of piperidine rings is 1. The molecule has 0 N–H and O–H groups in total. The van der Waals surface area contributed by atoms with Crippen molar-refractivity contribution in [2.75, 3.05) is 31.1 Å². The van der Waals surface area contributed by atoms with Gasteiger partial charge in [0.1, 0.15) is 10.8 Å². The fourth-order valence-corrected chi connectivity index (χ4v) is 5.89. The maximum Gasteiger partial charge on any atom is 0.310 e. The van der Waals surface area contributed by atoms with Crippen LogP contribution in [0.2, 0.25) is 0 Å². The summed E-state index contributed by atoms with van der Waals surface area (Å²) in [6, 6.07) is 13.8. The average molecular weight is 448 g/mol. The zero-order valence-corrected chi connectivity index (χ0v) is 17.8. The third-order valence-electron chi connectivity index (χ3n) is 4.74. The molecule has 0 saturated carbocycles. The minimum atomic E-state index is -3.64. The number of para-hydroxylation sites is 1. The number of esters is 1. The first-order chi connectivity index (χ1) is 14.4. The van der Waals surface area contributed by atoms with E-state index in [-0.39, 0.29) is 17.3 Å². The second kappa shape index (κ2) is 9.84. The van der Waals surface area contributed by atoms with Gasteiger partial charge >= 0.3 is 5.97 Å². The quantitative estimate of drug-likeness (QED) is 0.476. The molecule has 1 aliphatic rings. The molecular formula is C20H21N3O5S2. The van der Waals surface area contributed by atoms with Crippen molar-refractivity contribution in [3.63, 3.8) is 0 Å². The number of thiophene rings is 1. The molecule has 1 aromatic heterocycles. The van der Waals surface area contributed by atoms with Crippen LogP contribution < -0.4 is 4.90 Å². The van der Waals surface area contributed by atoms with Crippen LogP contribution in [0.15, 0.2) is 52.1 Å². The van der Waals surface area contributed by atoms with Gasteiger partial charge in [0.2, 0.25) is 0 Å². The Bertz CT molecular complexity index is 1020. The van der Waals surface area contributed by atoms with Crippen LogP contribution in [0.5, 0.6) is 0 Å². The fraction of sp³-hybridized carbons (Fsp3) is 0.350. The lowest BCUT2D eigenvalue weighted by Crippen LogP contribution is -2.43. The van der Waals surface area contributed by atoms with Crippen molar-refractivity contribution >= 4 is 38.9 Å². The Kier molecular flexibility index (Phi) is 7.20. The molecule has 0 radical (unpaired) electrons. The molecule has 8 nitrogen and oxygen atoms in total. The number of carbonyl (C=O) groups excluding carboxylic acids is 2.